The van der Waals surface area contributed by atoms with Gasteiger partial charge in [-0.3, -0.25) is 0 Å². The lowest BCUT2D eigenvalue weighted by atomic mass is 10.1. The van der Waals surface area contributed by atoms with Crippen LogP contribution in [-0.4, -0.2) is 23.3 Å². The highest BCUT2D eigenvalue weighted by atomic mass is 16.5. The molecule has 2 aromatic rings. The maximum absolute atomic E-state index is 10.8. The average molecular weight is 288 g/mol. The summed E-state index contributed by atoms with van der Waals surface area (Å²) < 4.78 is 4.46. The van der Waals surface area contributed by atoms with Gasteiger partial charge in [-0.25, -0.2) is 4.79 Å². The third-order valence-electron chi connectivity index (χ3n) is 2.86. The van der Waals surface area contributed by atoms with Crippen molar-refractivity contribution >= 4 is 5.97 Å². The lowest BCUT2D eigenvalue weighted by molar-refractivity contribution is 0.0600. The molecule has 0 spiro atoms. The second-order valence-corrected chi connectivity index (χ2v) is 4.37. The van der Waals surface area contributed by atoms with Crippen LogP contribution in [0.5, 0.6) is 5.75 Å². The lowest BCUT2D eigenvalue weighted by Crippen LogP contribution is -1.99. The number of esters is 1. The number of aromatic hydroxyl groups is 1. The molecule has 1 atom stereocenters. The molecule has 0 saturated heterocycles. The van der Waals surface area contributed by atoms with Crippen LogP contribution in [0.15, 0.2) is 54.6 Å². The van der Waals surface area contributed by atoms with Crippen molar-refractivity contribution in [2.24, 2.45) is 0 Å². The first-order valence-electron chi connectivity index (χ1n) is 6.68. The number of aliphatic hydroxyl groups is 1. The average Bonchev–Trinajstić information content (AvgIpc) is 2.55. The van der Waals surface area contributed by atoms with Crippen molar-refractivity contribution in [2.75, 3.05) is 7.11 Å². The molecule has 0 saturated carbocycles. The van der Waals surface area contributed by atoms with Crippen LogP contribution in [-0.2, 0) is 4.74 Å². The van der Waals surface area contributed by atoms with Crippen molar-refractivity contribution in [2.45, 2.75) is 19.4 Å². The number of ether oxygens (including phenoxy) is 1. The molecule has 0 fully saturated rings. The Hall–Kier alpha value is -2.33. The van der Waals surface area contributed by atoms with E-state index >= 15 is 0 Å². The molecular weight excluding hydrogens is 268 g/mol. The molecule has 2 N–H and O–H groups in total. The van der Waals surface area contributed by atoms with E-state index in [1.165, 1.54) is 31.4 Å². The fraction of sp³-hybridized carbons (Fsp3) is 0.235. The van der Waals surface area contributed by atoms with E-state index in [0.29, 0.717) is 5.56 Å². The van der Waals surface area contributed by atoms with Crippen molar-refractivity contribution in [3.8, 4) is 5.75 Å². The van der Waals surface area contributed by atoms with Crippen LogP contribution in [0.1, 0.15) is 35.4 Å². The van der Waals surface area contributed by atoms with Gasteiger partial charge in [0.1, 0.15) is 5.75 Å². The van der Waals surface area contributed by atoms with Crippen LogP contribution < -0.4 is 0 Å². The maximum Gasteiger partial charge on any atom is 0.337 e. The first-order valence-corrected chi connectivity index (χ1v) is 6.68. The number of aliphatic hydroxyl groups excluding tert-OH is 1. The monoisotopic (exact) mass is 288 g/mol. The minimum Gasteiger partial charge on any atom is -0.508 e. The van der Waals surface area contributed by atoms with E-state index in [1.807, 2.05) is 37.3 Å². The lowest BCUT2D eigenvalue weighted by Gasteiger charge is -2.05. The topological polar surface area (TPSA) is 66.8 Å². The van der Waals surface area contributed by atoms with Gasteiger partial charge in [0.25, 0.3) is 0 Å². The summed E-state index contributed by atoms with van der Waals surface area (Å²) in [5.41, 5.74) is 1.44. The molecule has 0 radical (unpaired) electrons. The van der Waals surface area contributed by atoms with Crippen molar-refractivity contribution in [3.05, 3.63) is 65.7 Å². The van der Waals surface area contributed by atoms with Crippen molar-refractivity contribution < 1.29 is 19.7 Å². The highest BCUT2D eigenvalue weighted by Crippen LogP contribution is 2.14. The van der Waals surface area contributed by atoms with E-state index in [1.54, 1.807) is 0 Å². The maximum atomic E-state index is 10.8. The Labute approximate surface area is 124 Å². The zero-order valence-electron chi connectivity index (χ0n) is 12.2. The summed E-state index contributed by atoms with van der Waals surface area (Å²) in [6, 6.07) is 15.6. The number of phenols is 1. The number of benzene rings is 2. The van der Waals surface area contributed by atoms with Crippen molar-refractivity contribution in [1.82, 2.24) is 0 Å². The molecule has 0 aromatic heterocycles. The Kier molecular flexibility index (Phi) is 6.98. The molecule has 4 heteroatoms. The highest BCUT2D eigenvalue weighted by molar-refractivity contribution is 5.89. The van der Waals surface area contributed by atoms with Crippen LogP contribution in [0.25, 0.3) is 0 Å². The largest absolute Gasteiger partial charge is 0.508 e. The normalized spacial score (nSPS) is 11.0. The van der Waals surface area contributed by atoms with E-state index in [-0.39, 0.29) is 11.9 Å². The summed E-state index contributed by atoms with van der Waals surface area (Å²) in [5.74, 6) is -0.261. The SMILES string of the molecule is CCC(O)c1ccccc1.COC(=O)c1ccc(O)cc1. The smallest absolute Gasteiger partial charge is 0.337 e. The molecule has 0 heterocycles. The minimum absolute atomic E-state index is 0.137. The standard InChI is InChI=1S/C9H12O.C8H8O3/c1-2-9(10)8-6-4-3-5-7-8;1-11-8(10)6-2-4-7(9)5-3-6/h3-7,9-10H,2H2,1H3;2-5,9H,1H3. The van der Waals surface area contributed by atoms with E-state index in [0.717, 1.165) is 12.0 Å². The van der Waals surface area contributed by atoms with Crippen LogP contribution in [0, 0.1) is 0 Å². The highest BCUT2D eigenvalue weighted by Gasteiger charge is 2.02. The van der Waals surface area contributed by atoms with Crippen LogP contribution in [0.2, 0.25) is 0 Å². The van der Waals surface area contributed by atoms with Crippen LogP contribution in [0.3, 0.4) is 0 Å². The fourth-order valence-electron chi connectivity index (χ4n) is 1.63. The number of rotatable bonds is 3. The number of methoxy groups -OCH3 is 1. The number of carbonyl (C=O) groups is 1. The molecule has 0 bridgehead atoms. The second kappa shape index (κ2) is 8.76. The van der Waals surface area contributed by atoms with Crippen molar-refractivity contribution in [3.63, 3.8) is 0 Å². The summed E-state index contributed by atoms with van der Waals surface area (Å²) in [4.78, 5) is 10.8. The Morgan fingerprint density at radius 1 is 1.10 bits per heavy atom. The summed E-state index contributed by atoms with van der Waals surface area (Å²) in [5, 5.41) is 18.2. The number of hydrogen-bond acceptors (Lipinski definition) is 4. The van der Waals surface area contributed by atoms with Gasteiger partial charge >= 0.3 is 5.97 Å². The molecule has 0 aliphatic heterocycles. The molecule has 0 amide bonds. The molecule has 2 aromatic carbocycles. The summed E-state index contributed by atoms with van der Waals surface area (Å²) in [6.45, 7) is 1.97. The third-order valence-corrected chi connectivity index (χ3v) is 2.86. The molecule has 2 rings (SSSR count). The molecule has 1 unspecified atom stereocenters. The molecule has 21 heavy (non-hydrogen) atoms. The van der Waals surface area contributed by atoms with Gasteiger partial charge in [-0.15, -0.1) is 0 Å². The van der Waals surface area contributed by atoms with Gasteiger partial charge < -0.3 is 14.9 Å². The number of phenolic OH excluding ortho intramolecular Hbond substituents is 1. The zero-order chi connectivity index (χ0) is 15.7. The first kappa shape index (κ1) is 16.7. The van der Waals surface area contributed by atoms with Gasteiger partial charge in [0.15, 0.2) is 0 Å². The fourth-order valence-corrected chi connectivity index (χ4v) is 1.63. The van der Waals surface area contributed by atoms with Crippen molar-refractivity contribution in [1.29, 1.82) is 0 Å². The van der Waals surface area contributed by atoms with E-state index in [4.69, 9.17) is 5.11 Å². The number of hydrogen-bond donors (Lipinski definition) is 2. The molecule has 112 valence electrons. The predicted octanol–water partition coefficient (Wildman–Crippen LogP) is 3.31. The third kappa shape index (κ3) is 5.67. The molecule has 4 nitrogen and oxygen atoms in total. The quantitative estimate of drug-likeness (QED) is 0.850. The van der Waals surface area contributed by atoms with E-state index in [2.05, 4.69) is 4.74 Å². The van der Waals surface area contributed by atoms with Gasteiger partial charge in [0.2, 0.25) is 0 Å². The Balaban J connectivity index is 0.000000211. The van der Waals surface area contributed by atoms with Crippen LogP contribution in [0.4, 0.5) is 0 Å². The predicted molar refractivity (Wildman–Crippen MR) is 81.1 cm³/mol. The van der Waals surface area contributed by atoms with Gasteiger partial charge in [-0.1, -0.05) is 37.3 Å². The van der Waals surface area contributed by atoms with E-state index in [9.17, 15) is 9.90 Å². The molecule has 0 aliphatic carbocycles. The zero-order valence-corrected chi connectivity index (χ0v) is 12.2. The summed E-state index contributed by atoms with van der Waals surface area (Å²) >= 11 is 0. The second-order valence-electron chi connectivity index (χ2n) is 4.37. The first-order chi connectivity index (χ1) is 10.1. The van der Waals surface area contributed by atoms with Crippen LogP contribution >= 0.6 is 0 Å². The summed E-state index contributed by atoms with van der Waals surface area (Å²) in [7, 11) is 1.31. The number of carbonyl (C=O) groups excluding carboxylic acids is 1. The van der Waals surface area contributed by atoms with Gasteiger partial charge in [-0.05, 0) is 36.2 Å². The molecule has 0 aliphatic rings. The Bertz CT molecular complexity index is 534. The van der Waals surface area contributed by atoms with Gasteiger partial charge in [0, 0.05) is 0 Å². The Morgan fingerprint density at radius 2 is 1.67 bits per heavy atom. The summed E-state index contributed by atoms with van der Waals surface area (Å²) in [6.07, 6.45) is 0.491. The Morgan fingerprint density at radius 3 is 2.14 bits per heavy atom. The van der Waals surface area contributed by atoms with E-state index < -0.39 is 5.97 Å². The minimum atomic E-state index is -0.398. The molecular formula is C17H20O4. The van der Waals surface area contributed by atoms with Gasteiger partial charge in [0.05, 0.1) is 18.8 Å². The van der Waals surface area contributed by atoms with Gasteiger partial charge in [-0.2, -0.15) is 0 Å².